The summed E-state index contributed by atoms with van der Waals surface area (Å²) in [5, 5.41) is 2.80. The van der Waals surface area contributed by atoms with Crippen LogP contribution in [0, 0.1) is 0 Å². The van der Waals surface area contributed by atoms with Crippen LogP contribution in [0.3, 0.4) is 0 Å². The number of carbonyl (C=O) groups excluding carboxylic acids is 1. The summed E-state index contributed by atoms with van der Waals surface area (Å²) in [7, 11) is 0. The van der Waals surface area contributed by atoms with Crippen LogP contribution in [0.2, 0.25) is 0 Å². The molecule has 0 radical (unpaired) electrons. The number of nitrogens with zero attached hydrogens (tertiary/aromatic N) is 1. The number of benzene rings is 1. The summed E-state index contributed by atoms with van der Waals surface area (Å²) in [4.78, 5) is 17.3. The number of thiazole rings is 1. The molecule has 3 aromatic rings. The first-order valence-electron chi connectivity index (χ1n) is 5.34. The van der Waals surface area contributed by atoms with Crippen LogP contribution in [0.1, 0.15) is 14.7 Å². The Morgan fingerprint density at radius 2 is 2.17 bits per heavy atom. The van der Waals surface area contributed by atoms with E-state index < -0.39 is 0 Å². The SMILES string of the molecule is O=C(Cc1nc2ccccc2s1)c1cc(Br)cs1. The Labute approximate surface area is 120 Å². The highest BCUT2D eigenvalue weighted by Crippen LogP contribution is 2.25. The Morgan fingerprint density at radius 1 is 1.33 bits per heavy atom. The van der Waals surface area contributed by atoms with E-state index in [0.717, 1.165) is 24.6 Å². The quantitative estimate of drug-likeness (QED) is 0.656. The number of aromatic nitrogens is 1. The topological polar surface area (TPSA) is 30.0 Å². The normalized spacial score (nSPS) is 10.9. The van der Waals surface area contributed by atoms with Crippen molar-refractivity contribution in [1.29, 1.82) is 0 Å². The fourth-order valence-corrected chi connectivity index (χ4v) is 4.01. The molecule has 0 atom stereocenters. The van der Waals surface area contributed by atoms with Crippen LogP contribution in [-0.2, 0) is 6.42 Å². The van der Waals surface area contributed by atoms with Crippen molar-refractivity contribution in [2.75, 3.05) is 0 Å². The van der Waals surface area contributed by atoms with Crippen molar-refractivity contribution in [2.45, 2.75) is 6.42 Å². The molecule has 2 heterocycles. The molecule has 0 unspecified atom stereocenters. The molecule has 0 spiro atoms. The summed E-state index contributed by atoms with van der Waals surface area (Å²) >= 11 is 6.41. The third-order valence-electron chi connectivity index (χ3n) is 2.49. The minimum Gasteiger partial charge on any atom is -0.293 e. The maximum atomic E-state index is 12.1. The molecule has 0 aliphatic heterocycles. The Hall–Kier alpha value is -1.04. The monoisotopic (exact) mass is 337 g/mol. The van der Waals surface area contributed by atoms with Crippen molar-refractivity contribution in [3.05, 3.63) is 50.1 Å². The van der Waals surface area contributed by atoms with Crippen molar-refractivity contribution in [3.63, 3.8) is 0 Å². The molecular weight excluding hydrogens is 330 g/mol. The van der Waals surface area contributed by atoms with E-state index in [-0.39, 0.29) is 5.78 Å². The molecule has 90 valence electrons. The fourth-order valence-electron chi connectivity index (χ4n) is 1.68. The second-order valence-electron chi connectivity index (χ2n) is 3.80. The zero-order chi connectivity index (χ0) is 12.5. The van der Waals surface area contributed by atoms with Gasteiger partial charge in [0.1, 0.15) is 5.01 Å². The highest BCUT2D eigenvalue weighted by Gasteiger charge is 2.12. The Balaban J connectivity index is 1.86. The lowest BCUT2D eigenvalue weighted by atomic mass is 10.2. The van der Waals surface area contributed by atoms with Gasteiger partial charge in [0, 0.05) is 9.85 Å². The van der Waals surface area contributed by atoms with E-state index in [4.69, 9.17) is 0 Å². The van der Waals surface area contributed by atoms with Gasteiger partial charge in [-0.1, -0.05) is 12.1 Å². The summed E-state index contributed by atoms with van der Waals surface area (Å²) in [6, 6.07) is 9.82. The maximum absolute atomic E-state index is 12.1. The largest absolute Gasteiger partial charge is 0.293 e. The molecule has 1 aromatic carbocycles. The van der Waals surface area contributed by atoms with Gasteiger partial charge in [0.2, 0.25) is 0 Å². The standard InChI is InChI=1S/C13H8BrNOS2/c14-8-5-12(17-7-8)10(16)6-13-15-9-3-1-2-4-11(9)18-13/h1-5,7H,6H2. The molecular formula is C13H8BrNOS2. The van der Waals surface area contributed by atoms with Gasteiger partial charge >= 0.3 is 0 Å². The summed E-state index contributed by atoms with van der Waals surface area (Å²) in [5.74, 6) is 0.129. The number of halogens is 1. The van der Waals surface area contributed by atoms with Crippen LogP contribution >= 0.6 is 38.6 Å². The van der Waals surface area contributed by atoms with Crippen molar-refractivity contribution in [1.82, 2.24) is 4.98 Å². The van der Waals surface area contributed by atoms with Gasteiger partial charge in [-0.2, -0.15) is 0 Å². The zero-order valence-electron chi connectivity index (χ0n) is 9.22. The van der Waals surface area contributed by atoms with Crippen LogP contribution in [0.4, 0.5) is 0 Å². The lowest BCUT2D eigenvalue weighted by Gasteiger charge is -1.92. The van der Waals surface area contributed by atoms with Gasteiger partial charge in [0.25, 0.3) is 0 Å². The summed E-state index contributed by atoms with van der Waals surface area (Å²) < 4.78 is 2.09. The van der Waals surface area contributed by atoms with Gasteiger partial charge in [-0.05, 0) is 34.1 Å². The van der Waals surface area contributed by atoms with Crippen LogP contribution in [0.25, 0.3) is 10.2 Å². The van der Waals surface area contributed by atoms with Crippen LogP contribution in [0.5, 0.6) is 0 Å². The van der Waals surface area contributed by atoms with Crippen LogP contribution in [-0.4, -0.2) is 10.8 Å². The third kappa shape index (κ3) is 2.39. The van der Waals surface area contributed by atoms with E-state index in [1.165, 1.54) is 11.3 Å². The number of para-hydroxylation sites is 1. The van der Waals surface area contributed by atoms with E-state index in [9.17, 15) is 4.79 Å². The Kier molecular flexibility index (Phi) is 3.28. The number of hydrogen-bond acceptors (Lipinski definition) is 4. The second-order valence-corrected chi connectivity index (χ2v) is 6.75. The molecule has 3 rings (SSSR count). The second kappa shape index (κ2) is 4.91. The highest BCUT2D eigenvalue weighted by atomic mass is 79.9. The number of Topliss-reactive ketones (excluding diaryl/α,β-unsaturated/α-hetero) is 1. The molecule has 0 bridgehead atoms. The lowest BCUT2D eigenvalue weighted by molar-refractivity contribution is 0.0997. The van der Waals surface area contributed by atoms with Gasteiger partial charge < -0.3 is 0 Å². The first-order valence-corrected chi connectivity index (χ1v) is 7.83. The number of hydrogen-bond donors (Lipinski definition) is 0. The zero-order valence-corrected chi connectivity index (χ0v) is 12.4. The van der Waals surface area contributed by atoms with E-state index >= 15 is 0 Å². The third-order valence-corrected chi connectivity index (χ3v) is 5.26. The molecule has 2 nitrogen and oxygen atoms in total. The minimum absolute atomic E-state index is 0.129. The highest BCUT2D eigenvalue weighted by molar-refractivity contribution is 9.10. The van der Waals surface area contributed by atoms with Gasteiger partial charge in [-0.3, -0.25) is 4.79 Å². The summed E-state index contributed by atoms with van der Waals surface area (Å²) in [6.07, 6.45) is 0.381. The molecule has 0 aliphatic rings. The molecule has 0 saturated heterocycles. The van der Waals surface area contributed by atoms with Gasteiger partial charge in [0.05, 0.1) is 21.5 Å². The van der Waals surface area contributed by atoms with E-state index in [1.54, 1.807) is 11.3 Å². The van der Waals surface area contributed by atoms with Gasteiger partial charge in [0.15, 0.2) is 5.78 Å². The number of fused-ring (bicyclic) bond motifs is 1. The van der Waals surface area contributed by atoms with Crippen LogP contribution < -0.4 is 0 Å². The summed E-state index contributed by atoms with van der Waals surface area (Å²) in [6.45, 7) is 0. The van der Waals surface area contributed by atoms with Crippen molar-refractivity contribution in [3.8, 4) is 0 Å². The number of rotatable bonds is 3. The lowest BCUT2D eigenvalue weighted by Crippen LogP contribution is -2.00. The van der Waals surface area contributed by atoms with E-state index in [1.807, 2.05) is 35.7 Å². The fraction of sp³-hybridized carbons (Fsp3) is 0.0769. The molecule has 5 heteroatoms. The average molecular weight is 338 g/mol. The average Bonchev–Trinajstić information content (AvgIpc) is 2.94. The molecule has 2 aromatic heterocycles. The van der Waals surface area contributed by atoms with Gasteiger partial charge in [-0.25, -0.2) is 4.98 Å². The molecule has 0 amide bonds. The first-order chi connectivity index (χ1) is 8.72. The van der Waals surface area contributed by atoms with Crippen molar-refractivity contribution >= 4 is 54.6 Å². The smallest absolute Gasteiger partial charge is 0.179 e. The van der Waals surface area contributed by atoms with Gasteiger partial charge in [-0.15, -0.1) is 22.7 Å². The maximum Gasteiger partial charge on any atom is 0.179 e. The molecule has 0 aliphatic carbocycles. The molecule has 0 fully saturated rings. The minimum atomic E-state index is 0.129. The Bertz CT molecular complexity index is 683. The predicted molar refractivity (Wildman–Crippen MR) is 79.7 cm³/mol. The van der Waals surface area contributed by atoms with Crippen LogP contribution in [0.15, 0.2) is 40.2 Å². The Morgan fingerprint density at radius 3 is 2.89 bits per heavy atom. The van der Waals surface area contributed by atoms with E-state index in [0.29, 0.717) is 6.42 Å². The van der Waals surface area contributed by atoms with E-state index in [2.05, 4.69) is 20.9 Å². The predicted octanol–water partition coefficient (Wildman–Crippen LogP) is 4.55. The van der Waals surface area contributed by atoms with Crippen molar-refractivity contribution in [2.24, 2.45) is 0 Å². The summed E-state index contributed by atoms with van der Waals surface area (Å²) in [5.41, 5.74) is 0.970. The van der Waals surface area contributed by atoms with Crippen molar-refractivity contribution < 1.29 is 4.79 Å². The molecule has 18 heavy (non-hydrogen) atoms. The molecule has 0 N–H and O–H groups in total. The first kappa shape index (κ1) is 12.0. The number of carbonyl (C=O) groups is 1. The number of ketones is 1. The molecule has 0 saturated carbocycles. The number of thiophene rings is 1.